The fourth-order valence-corrected chi connectivity index (χ4v) is 0.902. The van der Waals surface area contributed by atoms with Gasteiger partial charge in [-0.3, -0.25) is 4.79 Å². The molecular weight excluding hydrogens is 255 g/mol. The summed E-state index contributed by atoms with van der Waals surface area (Å²) in [5.41, 5.74) is 0. The van der Waals surface area contributed by atoms with Crippen molar-refractivity contribution in [3.05, 3.63) is 0 Å². The highest BCUT2D eigenvalue weighted by Crippen LogP contribution is 2.22. The Labute approximate surface area is 81.8 Å². The molecule has 0 radical (unpaired) electrons. The highest BCUT2D eigenvalue weighted by atomic mass is 127. The van der Waals surface area contributed by atoms with E-state index in [0.29, 0.717) is 13.0 Å². The maximum absolute atomic E-state index is 10.9. The van der Waals surface area contributed by atoms with E-state index in [2.05, 4.69) is 36.4 Å². The summed E-state index contributed by atoms with van der Waals surface area (Å²) in [5.74, 6) is -0.0859. The fraction of sp³-hybridized carbons (Fsp3) is 0.875. The summed E-state index contributed by atoms with van der Waals surface area (Å²) in [7, 11) is 0. The number of ether oxygens (including phenoxy) is 1. The summed E-state index contributed by atoms with van der Waals surface area (Å²) < 4.78 is 4.99. The van der Waals surface area contributed by atoms with Crippen LogP contribution in [-0.2, 0) is 9.53 Å². The van der Waals surface area contributed by atoms with Crippen molar-refractivity contribution in [2.24, 2.45) is 0 Å². The largest absolute Gasteiger partial charge is 0.466 e. The predicted octanol–water partition coefficient (Wildman–Crippen LogP) is 2.54. The van der Waals surface area contributed by atoms with Crippen LogP contribution < -0.4 is 0 Å². The molecule has 0 saturated heterocycles. The molecule has 0 amide bonds. The molecule has 0 rings (SSSR count). The van der Waals surface area contributed by atoms with Gasteiger partial charge in [0.1, 0.15) is 0 Å². The van der Waals surface area contributed by atoms with E-state index in [4.69, 9.17) is 4.74 Å². The Bertz CT molecular complexity index is 127. The zero-order valence-electron chi connectivity index (χ0n) is 7.32. The number of halogens is 1. The standard InChI is InChI=1S/C8H15IO2/c1-4-11-7(10)5-6-8(2,3)9/h4-6H2,1-3H3. The zero-order chi connectivity index (χ0) is 8.91. The average molecular weight is 270 g/mol. The molecule has 0 aromatic carbocycles. The molecule has 0 fully saturated rings. The third-order valence-electron chi connectivity index (χ3n) is 1.23. The molecule has 0 N–H and O–H groups in total. The molecule has 0 unspecified atom stereocenters. The lowest BCUT2D eigenvalue weighted by Crippen LogP contribution is -2.13. The lowest BCUT2D eigenvalue weighted by Gasteiger charge is -2.14. The monoisotopic (exact) mass is 270 g/mol. The first-order valence-electron chi connectivity index (χ1n) is 3.80. The third-order valence-corrected chi connectivity index (χ3v) is 1.77. The Morgan fingerprint density at radius 1 is 1.55 bits per heavy atom. The topological polar surface area (TPSA) is 26.3 Å². The molecule has 0 aromatic rings. The van der Waals surface area contributed by atoms with Crippen LogP contribution in [0.5, 0.6) is 0 Å². The number of carbonyl (C=O) groups is 1. The zero-order valence-corrected chi connectivity index (χ0v) is 9.47. The summed E-state index contributed by atoms with van der Waals surface area (Å²) >= 11 is 2.33. The molecule has 0 aliphatic rings. The van der Waals surface area contributed by atoms with Crippen molar-refractivity contribution in [1.82, 2.24) is 0 Å². The molecule has 66 valence electrons. The Hall–Kier alpha value is 0.200. The van der Waals surface area contributed by atoms with Gasteiger partial charge in [0.25, 0.3) is 0 Å². The lowest BCUT2D eigenvalue weighted by atomic mass is 10.1. The minimum absolute atomic E-state index is 0.0859. The van der Waals surface area contributed by atoms with E-state index in [9.17, 15) is 4.79 Å². The number of alkyl halides is 1. The second kappa shape index (κ2) is 4.95. The van der Waals surface area contributed by atoms with Crippen LogP contribution in [-0.4, -0.2) is 16.0 Å². The van der Waals surface area contributed by atoms with Crippen molar-refractivity contribution in [1.29, 1.82) is 0 Å². The number of hydrogen-bond donors (Lipinski definition) is 0. The normalized spacial score (nSPS) is 11.3. The van der Waals surface area contributed by atoms with Gasteiger partial charge in [0.2, 0.25) is 0 Å². The van der Waals surface area contributed by atoms with Gasteiger partial charge in [-0.25, -0.2) is 0 Å². The van der Waals surface area contributed by atoms with Crippen molar-refractivity contribution in [3.63, 3.8) is 0 Å². The Kier molecular flexibility index (Phi) is 5.04. The van der Waals surface area contributed by atoms with E-state index in [1.807, 2.05) is 6.92 Å². The van der Waals surface area contributed by atoms with Gasteiger partial charge in [0.05, 0.1) is 6.61 Å². The molecule has 0 atom stereocenters. The first kappa shape index (κ1) is 11.2. The van der Waals surface area contributed by atoms with Crippen LogP contribution in [0.25, 0.3) is 0 Å². The maximum atomic E-state index is 10.9. The molecule has 0 heterocycles. The molecule has 0 aliphatic heterocycles. The number of hydrogen-bond acceptors (Lipinski definition) is 2. The van der Waals surface area contributed by atoms with E-state index in [1.54, 1.807) is 0 Å². The van der Waals surface area contributed by atoms with Crippen molar-refractivity contribution in [2.75, 3.05) is 6.61 Å². The Morgan fingerprint density at radius 3 is 2.45 bits per heavy atom. The van der Waals surface area contributed by atoms with E-state index in [1.165, 1.54) is 0 Å². The van der Waals surface area contributed by atoms with Crippen LogP contribution in [0, 0.1) is 0 Å². The smallest absolute Gasteiger partial charge is 0.305 e. The third kappa shape index (κ3) is 8.10. The summed E-state index contributed by atoms with van der Waals surface area (Å²) in [5, 5.41) is 0. The van der Waals surface area contributed by atoms with Gasteiger partial charge < -0.3 is 4.74 Å². The van der Waals surface area contributed by atoms with Crippen molar-refractivity contribution in [2.45, 2.75) is 37.0 Å². The van der Waals surface area contributed by atoms with Crippen molar-refractivity contribution in [3.8, 4) is 0 Å². The molecule has 0 spiro atoms. The quantitative estimate of drug-likeness (QED) is 0.446. The summed E-state index contributed by atoms with van der Waals surface area (Å²) in [4.78, 5) is 10.9. The minimum atomic E-state index is -0.0859. The Balaban J connectivity index is 3.46. The van der Waals surface area contributed by atoms with E-state index in [0.717, 1.165) is 6.42 Å². The highest BCUT2D eigenvalue weighted by molar-refractivity contribution is 14.1. The van der Waals surface area contributed by atoms with Crippen molar-refractivity contribution >= 4 is 28.6 Å². The van der Waals surface area contributed by atoms with Gasteiger partial charge >= 0.3 is 5.97 Å². The summed E-state index contributed by atoms with van der Waals surface area (Å²) in [6.07, 6.45) is 1.41. The van der Waals surface area contributed by atoms with Gasteiger partial charge in [0, 0.05) is 9.84 Å². The first-order chi connectivity index (χ1) is 4.95. The van der Waals surface area contributed by atoms with Crippen LogP contribution in [0.3, 0.4) is 0 Å². The molecule has 11 heavy (non-hydrogen) atoms. The van der Waals surface area contributed by atoms with Crippen LogP contribution >= 0.6 is 22.6 Å². The molecule has 2 nitrogen and oxygen atoms in total. The van der Waals surface area contributed by atoms with Crippen LogP contribution in [0.4, 0.5) is 0 Å². The second-order valence-corrected chi connectivity index (χ2v) is 5.94. The van der Waals surface area contributed by atoms with Crippen LogP contribution in [0.1, 0.15) is 33.6 Å². The van der Waals surface area contributed by atoms with Gasteiger partial charge in [-0.15, -0.1) is 0 Å². The molecule has 0 saturated carbocycles. The van der Waals surface area contributed by atoms with Crippen LogP contribution in [0.15, 0.2) is 0 Å². The van der Waals surface area contributed by atoms with E-state index in [-0.39, 0.29) is 9.39 Å². The molecule has 0 aromatic heterocycles. The SMILES string of the molecule is CCOC(=O)CCC(C)(C)I. The van der Waals surface area contributed by atoms with E-state index < -0.39 is 0 Å². The minimum Gasteiger partial charge on any atom is -0.466 e. The number of esters is 1. The van der Waals surface area contributed by atoms with Gasteiger partial charge in [-0.1, -0.05) is 36.4 Å². The fourth-order valence-electron chi connectivity index (χ4n) is 0.632. The lowest BCUT2D eigenvalue weighted by molar-refractivity contribution is -0.143. The molecule has 0 bridgehead atoms. The maximum Gasteiger partial charge on any atom is 0.305 e. The van der Waals surface area contributed by atoms with E-state index >= 15 is 0 Å². The van der Waals surface area contributed by atoms with Crippen molar-refractivity contribution < 1.29 is 9.53 Å². The summed E-state index contributed by atoms with van der Waals surface area (Å²) in [6, 6.07) is 0. The van der Waals surface area contributed by atoms with Crippen LogP contribution in [0.2, 0.25) is 0 Å². The number of carbonyl (C=O) groups excluding carboxylic acids is 1. The molecule has 0 aliphatic carbocycles. The number of rotatable bonds is 4. The highest BCUT2D eigenvalue weighted by Gasteiger charge is 2.14. The predicted molar refractivity (Wildman–Crippen MR) is 54.0 cm³/mol. The Morgan fingerprint density at radius 2 is 2.09 bits per heavy atom. The molecule has 3 heteroatoms. The first-order valence-corrected chi connectivity index (χ1v) is 4.88. The molecular formula is C8H15IO2. The van der Waals surface area contributed by atoms with Gasteiger partial charge in [0.15, 0.2) is 0 Å². The average Bonchev–Trinajstić information content (AvgIpc) is 1.83. The summed E-state index contributed by atoms with van der Waals surface area (Å²) in [6.45, 7) is 6.52. The second-order valence-electron chi connectivity index (χ2n) is 3.02. The van der Waals surface area contributed by atoms with Gasteiger partial charge in [-0.2, -0.15) is 0 Å². The van der Waals surface area contributed by atoms with Gasteiger partial charge in [-0.05, 0) is 13.3 Å².